The van der Waals surface area contributed by atoms with Gasteiger partial charge in [-0.3, -0.25) is 0 Å². The highest BCUT2D eigenvalue weighted by atomic mass is 35.5. The Kier molecular flexibility index (Phi) is 5.23. The van der Waals surface area contributed by atoms with E-state index in [1.807, 2.05) is 30.3 Å². The molecule has 3 rings (SSSR count). The first kappa shape index (κ1) is 17.9. The first-order valence-electron chi connectivity index (χ1n) is 7.81. The summed E-state index contributed by atoms with van der Waals surface area (Å²) in [5, 5.41) is 4.47. The summed E-state index contributed by atoms with van der Waals surface area (Å²) in [7, 11) is 1.38. The Labute approximate surface area is 154 Å². The summed E-state index contributed by atoms with van der Waals surface area (Å²) in [4.78, 5) is 12.4. The van der Waals surface area contributed by atoms with Crippen LogP contribution in [-0.2, 0) is 11.3 Å². The normalized spacial score (nSPS) is 10.6. The number of carbonyl (C=O) groups excluding carboxylic acids is 1. The maximum atomic E-state index is 13.7. The summed E-state index contributed by atoms with van der Waals surface area (Å²) in [5.41, 5.74) is 1.87. The molecule has 0 spiro atoms. The highest BCUT2D eigenvalue weighted by molar-refractivity contribution is 6.33. The molecule has 0 aliphatic carbocycles. The van der Waals surface area contributed by atoms with Crippen molar-refractivity contribution in [3.63, 3.8) is 0 Å². The van der Waals surface area contributed by atoms with Crippen LogP contribution in [0.3, 0.4) is 0 Å². The number of hydrogen-bond donors (Lipinski definition) is 0. The molecule has 0 aliphatic heterocycles. The van der Waals surface area contributed by atoms with Crippen molar-refractivity contribution in [2.75, 3.05) is 7.11 Å². The van der Waals surface area contributed by atoms with E-state index in [1.165, 1.54) is 23.9 Å². The molecule has 0 atom stereocenters. The van der Waals surface area contributed by atoms with Gasteiger partial charge in [0.25, 0.3) is 0 Å². The van der Waals surface area contributed by atoms with Crippen LogP contribution in [0, 0.1) is 12.7 Å². The minimum Gasteiger partial charge on any atom is -0.494 e. The molecule has 3 aromatic rings. The zero-order valence-electron chi connectivity index (χ0n) is 14.2. The van der Waals surface area contributed by atoms with Crippen LogP contribution in [0.2, 0.25) is 5.15 Å². The molecular formula is C19H16ClFN2O3. The highest BCUT2D eigenvalue weighted by Crippen LogP contribution is 2.25. The molecule has 0 aliphatic rings. The predicted octanol–water partition coefficient (Wildman–Crippen LogP) is 4.34. The van der Waals surface area contributed by atoms with E-state index in [0.717, 1.165) is 5.69 Å². The zero-order chi connectivity index (χ0) is 18.7. The summed E-state index contributed by atoms with van der Waals surface area (Å²) in [6, 6.07) is 13.6. The fraction of sp³-hybridized carbons (Fsp3) is 0.158. The number of rotatable bonds is 5. The molecule has 1 heterocycles. The Bertz CT molecular complexity index is 941. The molecule has 0 saturated heterocycles. The summed E-state index contributed by atoms with van der Waals surface area (Å²) in [6.07, 6.45) is 0. The number of esters is 1. The summed E-state index contributed by atoms with van der Waals surface area (Å²) >= 11 is 6.33. The summed E-state index contributed by atoms with van der Waals surface area (Å²) < 4.78 is 25.3. The van der Waals surface area contributed by atoms with Gasteiger partial charge in [-0.05, 0) is 36.8 Å². The molecule has 134 valence electrons. The van der Waals surface area contributed by atoms with Crippen LogP contribution in [0.4, 0.5) is 4.39 Å². The van der Waals surface area contributed by atoms with Crippen molar-refractivity contribution in [2.45, 2.75) is 13.5 Å². The van der Waals surface area contributed by atoms with E-state index in [0.29, 0.717) is 11.3 Å². The number of aromatic nitrogens is 2. The second-order valence-corrected chi connectivity index (χ2v) is 5.90. The van der Waals surface area contributed by atoms with Gasteiger partial charge in [0.1, 0.15) is 17.3 Å². The van der Waals surface area contributed by atoms with Crippen LogP contribution >= 0.6 is 11.6 Å². The molecule has 26 heavy (non-hydrogen) atoms. The molecule has 0 bridgehead atoms. The second-order valence-electron chi connectivity index (χ2n) is 5.54. The molecule has 2 aromatic carbocycles. The Hall–Kier alpha value is -2.86. The summed E-state index contributed by atoms with van der Waals surface area (Å²) in [6.45, 7) is 1.58. The van der Waals surface area contributed by atoms with Crippen molar-refractivity contribution >= 4 is 17.6 Å². The minimum atomic E-state index is -0.620. The number of methoxy groups -OCH3 is 1. The number of nitrogens with zero attached hydrogens (tertiary/aromatic N) is 2. The van der Waals surface area contributed by atoms with Gasteiger partial charge in [0.2, 0.25) is 0 Å². The molecule has 0 amide bonds. The highest BCUT2D eigenvalue weighted by Gasteiger charge is 2.22. The van der Waals surface area contributed by atoms with Crippen molar-refractivity contribution < 1.29 is 18.7 Å². The van der Waals surface area contributed by atoms with Crippen LogP contribution in [0.1, 0.15) is 21.6 Å². The lowest BCUT2D eigenvalue weighted by Gasteiger charge is -2.07. The minimum absolute atomic E-state index is 0.0912. The van der Waals surface area contributed by atoms with Crippen LogP contribution in [0.5, 0.6) is 5.75 Å². The SMILES string of the molecule is COc1ccc(COC(=O)c2c(C)nn(-c3ccccc3)c2Cl)cc1F. The van der Waals surface area contributed by atoms with E-state index < -0.39 is 11.8 Å². The number of aryl methyl sites for hydroxylation is 1. The van der Waals surface area contributed by atoms with Gasteiger partial charge in [-0.15, -0.1) is 0 Å². The molecule has 0 saturated carbocycles. The van der Waals surface area contributed by atoms with E-state index in [1.54, 1.807) is 13.0 Å². The van der Waals surface area contributed by atoms with E-state index in [4.69, 9.17) is 21.1 Å². The molecule has 0 N–H and O–H groups in total. The van der Waals surface area contributed by atoms with Gasteiger partial charge < -0.3 is 9.47 Å². The lowest BCUT2D eigenvalue weighted by Crippen LogP contribution is -2.07. The van der Waals surface area contributed by atoms with Gasteiger partial charge in [0, 0.05) is 0 Å². The molecular weight excluding hydrogens is 359 g/mol. The fourth-order valence-electron chi connectivity index (χ4n) is 2.49. The Morgan fingerprint density at radius 2 is 1.96 bits per heavy atom. The molecule has 1 aromatic heterocycles. The summed E-state index contributed by atoms with van der Waals surface area (Å²) in [5.74, 6) is -1.01. The number of hydrogen-bond acceptors (Lipinski definition) is 4. The molecule has 7 heteroatoms. The third kappa shape index (κ3) is 3.55. The lowest BCUT2D eigenvalue weighted by atomic mass is 10.2. The van der Waals surface area contributed by atoms with Crippen LogP contribution in [0.15, 0.2) is 48.5 Å². The van der Waals surface area contributed by atoms with Crippen LogP contribution < -0.4 is 4.74 Å². The molecule has 5 nitrogen and oxygen atoms in total. The zero-order valence-corrected chi connectivity index (χ0v) is 15.0. The van der Waals surface area contributed by atoms with Crippen molar-refractivity contribution in [1.29, 1.82) is 0 Å². The second kappa shape index (κ2) is 7.58. The third-order valence-corrected chi connectivity index (χ3v) is 4.14. The quantitative estimate of drug-likeness (QED) is 0.623. The van der Waals surface area contributed by atoms with E-state index in [9.17, 15) is 9.18 Å². The van der Waals surface area contributed by atoms with Crippen LogP contribution in [0.25, 0.3) is 5.69 Å². The maximum Gasteiger partial charge on any atom is 0.343 e. The van der Waals surface area contributed by atoms with Gasteiger partial charge in [-0.25, -0.2) is 13.9 Å². The van der Waals surface area contributed by atoms with Gasteiger partial charge in [-0.1, -0.05) is 35.9 Å². The van der Waals surface area contributed by atoms with Gasteiger partial charge in [0.05, 0.1) is 18.5 Å². The van der Waals surface area contributed by atoms with Crippen molar-refractivity contribution in [2.24, 2.45) is 0 Å². The molecule has 0 unspecified atom stereocenters. The first-order chi connectivity index (χ1) is 12.5. The smallest absolute Gasteiger partial charge is 0.343 e. The Morgan fingerprint density at radius 3 is 2.62 bits per heavy atom. The first-order valence-corrected chi connectivity index (χ1v) is 8.19. The largest absolute Gasteiger partial charge is 0.494 e. The number of carbonyl (C=O) groups is 1. The van der Waals surface area contributed by atoms with E-state index in [-0.39, 0.29) is 23.1 Å². The topological polar surface area (TPSA) is 53.4 Å². The lowest BCUT2D eigenvalue weighted by molar-refractivity contribution is 0.0471. The van der Waals surface area contributed by atoms with Gasteiger partial charge >= 0.3 is 5.97 Å². The van der Waals surface area contributed by atoms with Gasteiger partial charge in [-0.2, -0.15) is 5.10 Å². The van der Waals surface area contributed by atoms with E-state index >= 15 is 0 Å². The van der Waals surface area contributed by atoms with Crippen molar-refractivity contribution in [3.8, 4) is 11.4 Å². The number of benzene rings is 2. The third-order valence-electron chi connectivity index (χ3n) is 3.80. The average molecular weight is 375 g/mol. The number of ether oxygens (including phenoxy) is 2. The number of halogens is 2. The maximum absolute atomic E-state index is 13.7. The monoisotopic (exact) mass is 374 g/mol. The Morgan fingerprint density at radius 1 is 1.23 bits per heavy atom. The average Bonchev–Trinajstić information content (AvgIpc) is 2.95. The van der Waals surface area contributed by atoms with Crippen LogP contribution in [-0.4, -0.2) is 22.9 Å². The fourth-order valence-corrected chi connectivity index (χ4v) is 2.84. The number of para-hydroxylation sites is 1. The molecule has 0 radical (unpaired) electrons. The Balaban J connectivity index is 1.78. The van der Waals surface area contributed by atoms with E-state index in [2.05, 4.69) is 5.10 Å². The van der Waals surface area contributed by atoms with Gasteiger partial charge in [0.15, 0.2) is 11.6 Å². The van der Waals surface area contributed by atoms with Crippen molar-refractivity contribution in [3.05, 3.63) is 76.3 Å². The molecule has 0 fully saturated rings. The van der Waals surface area contributed by atoms with Crippen molar-refractivity contribution in [1.82, 2.24) is 9.78 Å². The predicted molar refractivity (Wildman–Crippen MR) is 95.4 cm³/mol. The standard InChI is InChI=1S/C19H16ClFN2O3/c1-12-17(18(20)23(22-12)14-6-4-3-5-7-14)19(24)26-11-13-8-9-16(25-2)15(21)10-13/h3-10H,11H2,1-2H3.